The van der Waals surface area contributed by atoms with E-state index in [1.807, 2.05) is 32.2 Å². The van der Waals surface area contributed by atoms with Crippen molar-refractivity contribution >= 4 is 35.0 Å². The van der Waals surface area contributed by atoms with E-state index in [2.05, 4.69) is 9.97 Å². The summed E-state index contributed by atoms with van der Waals surface area (Å²) >= 11 is 13.3. The van der Waals surface area contributed by atoms with E-state index in [4.69, 9.17) is 27.9 Å². The molecule has 0 aliphatic rings. The van der Waals surface area contributed by atoms with Gasteiger partial charge in [-0.05, 0) is 43.4 Å². The van der Waals surface area contributed by atoms with Crippen LogP contribution in [-0.2, 0) is 0 Å². The summed E-state index contributed by atoms with van der Waals surface area (Å²) in [6, 6.07) is 5.29. The van der Waals surface area contributed by atoms with E-state index in [1.165, 1.54) is 11.8 Å². The largest absolute Gasteiger partial charge is 0.438 e. The van der Waals surface area contributed by atoms with Crippen molar-refractivity contribution in [3.05, 3.63) is 39.5 Å². The van der Waals surface area contributed by atoms with E-state index < -0.39 is 0 Å². The van der Waals surface area contributed by atoms with Gasteiger partial charge in [0.2, 0.25) is 5.88 Å². The predicted molar refractivity (Wildman–Crippen MR) is 79.8 cm³/mol. The fraction of sp³-hybridized carbons (Fsp3) is 0.231. The van der Waals surface area contributed by atoms with Gasteiger partial charge in [0.25, 0.3) is 0 Å². The van der Waals surface area contributed by atoms with E-state index in [0.29, 0.717) is 21.2 Å². The molecule has 0 fully saturated rings. The molecule has 100 valence electrons. The van der Waals surface area contributed by atoms with Crippen molar-refractivity contribution in [1.82, 2.24) is 9.97 Å². The van der Waals surface area contributed by atoms with Crippen LogP contribution in [0.3, 0.4) is 0 Å². The third-order valence-corrected chi connectivity index (χ3v) is 3.42. The van der Waals surface area contributed by atoms with Crippen molar-refractivity contribution in [3.63, 3.8) is 0 Å². The molecule has 0 aliphatic carbocycles. The molecule has 2 rings (SSSR count). The number of benzene rings is 1. The Labute approximate surface area is 126 Å². The van der Waals surface area contributed by atoms with Crippen LogP contribution in [0, 0.1) is 13.8 Å². The van der Waals surface area contributed by atoms with Gasteiger partial charge in [-0.1, -0.05) is 35.0 Å². The van der Waals surface area contributed by atoms with Gasteiger partial charge in [0.1, 0.15) is 10.9 Å². The summed E-state index contributed by atoms with van der Waals surface area (Å²) in [7, 11) is 0. The Balaban J connectivity index is 2.39. The first-order valence-electron chi connectivity index (χ1n) is 5.53. The summed E-state index contributed by atoms with van der Waals surface area (Å²) in [5.41, 5.74) is 1.90. The topological polar surface area (TPSA) is 35.0 Å². The lowest BCUT2D eigenvalue weighted by Gasteiger charge is -2.12. The second-order valence-corrected chi connectivity index (χ2v) is 5.58. The van der Waals surface area contributed by atoms with Gasteiger partial charge in [-0.3, -0.25) is 0 Å². The molecule has 0 spiro atoms. The summed E-state index contributed by atoms with van der Waals surface area (Å²) < 4.78 is 5.81. The molecular formula is C13H12Cl2N2OS. The molecular weight excluding hydrogens is 303 g/mol. The fourth-order valence-corrected chi connectivity index (χ4v) is 2.61. The van der Waals surface area contributed by atoms with Crippen molar-refractivity contribution in [2.75, 3.05) is 6.26 Å². The van der Waals surface area contributed by atoms with Crippen LogP contribution in [0.15, 0.2) is 23.4 Å². The second kappa shape index (κ2) is 5.99. The van der Waals surface area contributed by atoms with E-state index in [0.717, 1.165) is 16.9 Å². The third kappa shape index (κ3) is 3.53. The maximum absolute atomic E-state index is 5.99. The fourth-order valence-electron chi connectivity index (χ4n) is 1.68. The molecule has 0 saturated carbocycles. The van der Waals surface area contributed by atoms with Gasteiger partial charge in [0.15, 0.2) is 5.16 Å². The number of hydrogen-bond acceptors (Lipinski definition) is 4. The number of aryl methyl sites for hydroxylation is 2. The Kier molecular flexibility index (Phi) is 4.55. The summed E-state index contributed by atoms with van der Waals surface area (Å²) in [5.74, 6) is 1.17. The lowest BCUT2D eigenvalue weighted by Crippen LogP contribution is -1.96. The smallest absolute Gasteiger partial charge is 0.224 e. The average molecular weight is 315 g/mol. The zero-order valence-corrected chi connectivity index (χ0v) is 13.0. The lowest BCUT2D eigenvalue weighted by atomic mass is 10.1. The molecule has 1 aromatic heterocycles. The summed E-state index contributed by atoms with van der Waals surface area (Å²) in [5, 5.41) is 1.62. The summed E-state index contributed by atoms with van der Waals surface area (Å²) in [6.07, 6.45) is 1.88. The minimum Gasteiger partial charge on any atom is -0.438 e. The molecule has 0 unspecified atom stereocenters. The van der Waals surface area contributed by atoms with E-state index >= 15 is 0 Å². The van der Waals surface area contributed by atoms with Crippen LogP contribution in [-0.4, -0.2) is 16.2 Å². The molecule has 0 bridgehead atoms. The number of rotatable bonds is 3. The molecule has 2 aromatic rings. The molecule has 3 nitrogen and oxygen atoms in total. The highest BCUT2D eigenvalue weighted by Crippen LogP contribution is 2.31. The van der Waals surface area contributed by atoms with Crippen molar-refractivity contribution in [2.24, 2.45) is 0 Å². The molecule has 1 aromatic carbocycles. The Hall–Kier alpha value is -0.970. The van der Waals surface area contributed by atoms with Gasteiger partial charge in [0.05, 0.1) is 0 Å². The van der Waals surface area contributed by atoms with Crippen molar-refractivity contribution in [3.8, 4) is 11.6 Å². The third-order valence-electron chi connectivity index (χ3n) is 2.47. The lowest BCUT2D eigenvalue weighted by molar-refractivity contribution is 0.449. The molecule has 1 heterocycles. The first-order valence-corrected chi connectivity index (χ1v) is 7.51. The zero-order chi connectivity index (χ0) is 14.0. The standard InChI is InChI=1S/C13H12Cl2N2OS/c1-7-4-9(14)5-8(2)12(7)18-11-6-10(15)16-13(17-11)19-3/h4-6H,1-3H3. The van der Waals surface area contributed by atoms with Gasteiger partial charge in [-0.2, -0.15) is 4.98 Å². The second-order valence-electron chi connectivity index (χ2n) is 3.99. The molecule has 0 radical (unpaired) electrons. The van der Waals surface area contributed by atoms with Crippen LogP contribution in [0.1, 0.15) is 11.1 Å². The predicted octanol–water partition coefficient (Wildman–Crippen LogP) is 4.91. The van der Waals surface area contributed by atoms with Gasteiger partial charge in [0, 0.05) is 11.1 Å². The highest BCUT2D eigenvalue weighted by Gasteiger charge is 2.10. The first kappa shape index (κ1) is 14.4. The molecule has 0 amide bonds. The molecule has 6 heteroatoms. The number of ether oxygens (including phenoxy) is 1. The SMILES string of the molecule is CSc1nc(Cl)cc(Oc2c(C)cc(Cl)cc2C)n1. The number of halogens is 2. The Bertz CT molecular complexity index is 597. The number of thioether (sulfide) groups is 1. The number of nitrogens with zero attached hydrogens (tertiary/aromatic N) is 2. The van der Waals surface area contributed by atoms with Crippen LogP contribution < -0.4 is 4.74 Å². The van der Waals surface area contributed by atoms with Crippen LogP contribution >= 0.6 is 35.0 Å². The van der Waals surface area contributed by atoms with Crippen molar-refractivity contribution in [1.29, 1.82) is 0 Å². The first-order chi connectivity index (χ1) is 8.99. The van der Waals surface area contributed by atoms with E-state index in [-0.39, 0.29) is 0 Å². The van der Waals surface area contributed by atoms with Crippen LogP contribution in [0.2, 0.25) is 10.2 Å². The maximum Gasteiger partial charge on any atom is 0.224 e. The highest BCUT2D eigenvalue weighted by molar-refractivity contribution is 7.98. The summed E-state index contributed by atoms with van der Waals surface area (Å²) in [6.45, 7) is 3.87. The monoisotopic (exact) mass is 314 g/mol. The van der Waals surface area contributed by atoms with Crippen LogP contribution in [0.5, 0.6) is 11.6 Å². The van der Waals surface area contributed by atoms with Crippen molar-refractivity contribution < 1.29 is 4.74 Å². The highest BCUT2D eigenvalue weighted by atomic mass is 35.5. The molecule has 0 aliphatic heterocycles. The number of hydrogen-bond donors (Lipinski definition) is 0. The Morgan fingerprint density at radius 3 is 2.26 bits per heavy atom. The van der Waals surface area contributed by atoms with E-state index in [1.54, 1.807) is 6.07 Å². The van der Waals surface area contributed by atoms with Crippen molar-refractivity contribution in [2.45, 2.75) is 19.0 Å². The van der Waals surface area contributed by atoms with Crippen LogP contribution in [0.4, 0.5) is 0 Å². The Morgan fingerprint density at radius 2 is 1.68 bits per heavy atom. The molecule has 0 atom stereocenters. The van der Waals surface area contributed by atoms with Crippen LogP contribution in [0.25, 0.3) is 0 Å². The summed E-state index contributed by atoms with van der Waals surface area (Å²) in [4.78, 5) is 8.33. The minimum atomic E-state index is 0.360. The van der Waals surface area contributed by atoms with Gasteiger partial charge in [-0.15, -0.1) is 0 Å². The van der Waals surface area contributed by atoms with Gasteiger partial charge < -0.3 is 4.74 Å². The zero-order valence-electron chi connectivity index (χ0n) is 10.7. The normalized spacial score (nSPS) is 10.6. The molecule has 0 N–H and O–H groups in total. The molecule has 19 heavy (non-hydrogen) atoms. The number of aromatic nitrogens is 2. The minimum absolute atomic E-state index is 0.360. The Morgan fingerprint density at radius 1 is 1.05 bits per heavy atom. The van der Waals surface area contributed by atoms with E-state index in [9.17, 15) is 0 Å². The van der Waals surface area contributed by atoms with Gasteiger partial charge in [-0.25, -0.2) is 4.98 Å². The quantitative estimate of drug-likeness (QED) is 0.458. The maximum atomic E-state index is 5.99. The molecule has 0 saturated heterocycles. The van der Waals surface area contributed by atoms with Gasteiger partial charge >= 0.3 is 0 Å². The average Bonchev–Trinajstić information content (AvgIpc) is 2.33.